The van der Waals surface area contributed by atoms with Gasteiger partial charge in [-0.2, -0.15) is 0 Å². The molecule has 0 saturated carbocycles. The van der Waals surface area contributed by atoms with E-state index in [-0.39, 0.29) is 18.6 Å². The fourth-order valence-electron chi connectivity index (χ4n) is 9.64. The van der Waals surface area contributed by atoms with Gasteiger partial charge in [-0.15, -0.1) is 23.5 Å². The van der Waals surface area contributed by atoms with Gasteiger partial charge in [0.1, 0.15) is 30.8 Å². The summed E-state index contributed by atoms with van der Waals surface area (Å²) in [7, 11) is 0. The van der Waals surface area contributed by atoms with Crippen molar-refractivity contribution in [3.63, 3.8) is 0 Å². The highest BCUT2D eigenvalue weighted by Gasteiger charge is 2.41. The Morgan fingerprint density at radius 2 is 0.921 bits per heavy atom. The maximum absolute atomic E-state index is 14.9. The number of thioether (sulfide) groups is 2. The Morgan fingerprint density at radius 1 is 0.513 bits per heavy atom. The van der Waals surface area contributed by atoms with Crippen LogP contribution in [0.3, 0.4) is 0 Å². The van der Waals surface area contributed by atoms with Crippen LogP contribution in [0.25, 0.3) is 0 Å². The molecule has 8 rings (SSSR count). The Morgan fingerprint density at radius 3 is 1.36 bits per heavy atom. The molecule has 1 saturated heterocycles. The van der Waals surface area contributed by atoms with E-state index in [1.165, 1.54) is 11.8 Å². The third-order valence-electron chi connectivity index (χ3n) is 13.4. The van der Waals surface area contributed by atoms with Crippen molar-refractivity contribution < 1.29 is 28.7 Å². The predicted molar refractivity (Wildman–Crippen MR) is 305 cm³/mol. The van der Waals surface area contributed by atoms with Crippen LogP contribution in [0.1, 0.15) is 65.6 Å². The summed E-state index contributed by atoms with van der Waals surface area (Å²) in [4.78, 5) is 71.6. The Hall–Kier alpha value is -7.67. The zero-order chi connectivity index (χ0) is 53.2. The highest BCUT2D eigenvalue weighted by Crippen LogP contribution is 2.50. The number of esters is 1. The molecule has 1 fully saturated rings. The van der Waals surface area contributed by atoms with Gasteiger partial charge >= 0.3 is 5.97 Å². The Balaban J connectivity index is 1.09. The lowest BCUT2D eigenvalue weighted by molar-refractivity contribution is -0.148. The molecular weight excluding hydrogens is 985 g/mol. The summed E-state index contributed by atoms with van der Waals surface area (Å²) < 4.78 is 4.52. The standard InChI is InChI=1S/C64H64N4O6S2/c1-46(2)59-62(73)65-44-58(70)74-54(40-24-25-41-75-63(48-28-12-4-13-29-48,49-30-14-5-15-31-49)50-32-16-6-17-33-50)43-57(69)66-55(42-47-26-10-3-11-27-47)60(71)67-56(61(72)68-59)45-76-64(51-34-18-7-19-35-51,52-36-20-8-21-37-52)53-38-22-9-23-39-53/h3-24,26-40,46,54-56,59H,25,41-45H2,1-2H3,(H,65,73)(H,66,69)(H,67,71)(H,68,72)/t54-,55-,56-,59-/m1/s1. The monoisotopic (exact) mass is 1050 g/mol. The smallest absolute Gasteiger partial charge is 0.326 e. The van der Waals surface area contributed by atoms with Crippen molar-refractivity contribution in [2.75, 3.05) is 18.1 Å². The summed E-state index contributed by atoms with van der Waals surface area (Å²) in [6, 6.07) is 67.1. The molecule has 1 aliphatic heterocycles. The molecule has 10 nitrogen and oxygen atoms in total. The fourth-order valence-corrected chi connectivity index (χ4v) is 12.7. The number of benzene rings is 7. The molecule has 12 heteroatoms. The maximum atomic E-state index is 14.9. The SMILES string of the molecule is CC(C)[C@H]1NC(=O)[C@@H](CSC(c2ccccc2)(c2ccccc2)c2ccccc2)NC(=O)[C@@H](Cc2ccccc2)NC(=O)C[C@@H](C=CCCSC(c2ccccc2)(c2ccccc2)c2ccccc2)OC(=O)CNC1=O. The molecule has 0 aromatic heterocycles. The lowest BCUT2D eigenvalue weighted by Crippen LogP contribution is -2.59. The zero-order valence-corrected chi connectivity index (χ0v) is 44.4. The third-order valence-corrected chi connectivity index (χ3v) is 16.6. The van der Waals surface area contributed by atoms with Crippen molar-refractivity contribution in [1.29, 1.82) is 0 Å². The minimum absolute atomic E-state index is 0.0509. The quantitative estimate of drug-likeness (QED) is 0.0306. The van der Waals surface area contributed by atoms with Crippen molar-refractivity contribution in [2.45, 2.75) is 66.8 Å². The number of carbonyl (C=O) groups is 5. The second-order valence-electron chi connectivity index (χ2n) is 19.0. The normalized spacial score (nSPS) is 18.3. The van der Waals surface area contributed by atoms with Gasteiger partial charge in [0.05, 0.1) is 15.9 Å². The molecule has 76 heavy (non-hydrogen) atoms. The first-order valence-corrected chi connectivity index (χ1v) is 27.7. The summed E-state index contributed by atoms with van der Waals surface area (Å²) in [6.45, 7) is 3.08. The van der Waals surface area contributed by atoms with E-state index >= 15 is 0 Å². The van der Waals surface area contributed by atoms with E-state index in [1.54, 1.807) is 31.7 Å². The van der Waals surface area contributed by atoms with Gasteiger partial charge in [-0.1, -0.05) is 232 Å². The first kappa shape index (κ1) is 54.6. The van der Waals surface area contributed by atoms with E-state index < -0.39 is 75.8 Å². The minimum Gasteiger partial charge on any atom is -0.456 e. The van der Waals surface area contributed by atoms with Gasteiger partial charge in [-0.25, -0.2) is 0 Å². The Kier molecular flexibility index (Phi) is 19.2. The topological polar surface area (TPSA) is 143 Å². The van der Waals surface area contributed by atoms with Crippen LogP contribution >= 0.6 is 23.5 Å². The van der Waals surface area contributed by atoms with E-state index in [1.807, 2.05) is 109 Å². The highest BCUT2D eigenvalue weighted by molar-refractivity contribution is 8.00. The fraction of sp³-hybridized carbons (Fsp3) is 0.234. The number of allylic oxidation sites excluding steroid dienone is 1. The number of cyclic esters (lactones) is 1. The average Bonchev–Trinajstić information content (AvgIpc) is 3.47. The number of hydrogen-bond donors (Lipinski definition) is 4. The largest absolute Gasteiger partial charge is 0.456 e. The first-order chi connectivity index (χ1) is 37.1. The third kappa shape index (κ3) is 13.6. The number of nitrogens with one attached hydrogen (secondary N) is 4. The van der Waals surface area contributed by atoms with Crippen molar-refractivity contribution >= 4 is 53.1 Å². The molecule has 7 aromatic rings. The molecule has 0 spiro atoms. The van der Waals surface area contributed by atoms with E-state index in [2.05, 4.69) is 130 Å². The molecule has 0 aliphatic carbocycles. The molecule has 1 aliphatic rings. The second-order valence-corrected chi connectivity index (χ2v) is 21.5. The van der Waals surface area contributed by atoms with Crippen LogP contribution in [-0.2, 0) is 44.6 Å². The van der Waals surface area contributed by atoms with Crippen LogP contribution < -0.4 is 21.3 Å². The molecule has 7 aromatic carbocycles. The van der Waals surface area contributed by atoms with E-state index in [0.717, 1.165) is 38.9 Å². The van der Waals surface area contributed by atoms with Gasteiger partial charge in [0.2, 0.25) is 23.6 Å². The summed E-state index contributed by atoms with van der Waals surface area (Å²) in [5.41, 5.74) is 7.04. The second kappa shape index (κ2) is 26.7. The summed E-state index contributed by atoms with van der Waals surface area (Å²) in [6.07, 6.45) is 2.90. The Labute approximate surface area is 454 Å². The average molecular weight is 1050 g/mol. The van der Waals surface area contributed by atoms with E-state index in [0.29, 0.717) is 12.2 Å². The molecule has 0 bridgehead atoms. The minimum atomic E-state index is -1.20. The highest BCUT2D eigenvalue weighted by atomic mass is 32.2. The van der Waals surface area contributed by atoms with E-state index in [4.69, 9.17) is 4.74 Å². The van der Waals surface area contributed by atoms with Gasteiger partial charge in [-0.3, -0.25) is 24.0 Å². The number of ether oxygens (including phenoxy) is 1. The van der Waals surface area contributed by atoms with Crippen LogP contribution in [0.15, 0.2) is 224 Å². The first-order valence-electron chi connectivity index (χ1n) is 25.8. The summed E-state index contributed by atoms with van der Waals surface area (Å²) >= 11 is 3.27. The molecule has 1 heterocycles. The summed E-state index contributed by atoms with van der Waals surface area (Å²) in [5, 5.41) is 11.6. The van der Waals surface area contributed by atoms with Gasteiger partial charge in [0, 0.05) is 12.2 Å². The number of amides is 4. The molecule has 0 radical (unpaired) electrons. The van der Waals surface area contributed by atoms with Crippen molar-refractivity contribution in [1.82, 2.24) is 21.3 Å². The number of carbonyl (C=O) groups excluding carboxylic acids is 5. The molecule has 4 atom stereocenters. The predicted octanol–water partition coefficient (Wildman–Crippen LogP) is 10.2. The number of hydrogen-bond acceptors (Lipinski definition) is 8. The molecule has 0 unspecified atom stereocenters. The zero-order valence-electron chi connectivity index (χ0n) is 42.8. The van der Waals surface area contributed by atoms with Crippen LogP contribution in [0.4, 0.5) is 0 Å². The van der Waals surface area contributed by atoms with Crippen LogP contribution in [0.5, 0.6) is 0 Å². The molecule has 4 N–H and O–H groups in total. The van der Waals surface area contributed by atoms with Gasteiger partial charge in [-0.05, 0) is 63.1 Å². The maximum Gasteiger partial charge on any atom is 0.326 e. The number of rotatable bonds is 17. The van der Waals surface area contributed by atoms with Crippen molar-refractivity contribution in [3.8, 4) is 0 Å². The van der Waals surface area contributed by atoms with Crippen LogP contribution in [0, 0.1) is 5.92 Å². The van der Waals surface area contributed by atoms with Gasteiger partial charge < -0.3 is 26.0 Å². The molecule has 388 valence electrons. The van der Waals surface area contributed by atoms with Gasteiger partial charge in [0.25, 0.3) is 0 Å². The molecular formula is C64H64N4O6S2. The van der Waals surface area contributed by atoms with E-state index in [9.17, 15) is 24.0 Å². The van der Waals surface area contributed by atoms with Gasteiger partial charge in [0.15, 0.2) is 0 Å². The Bertz CT molecular complexity index is 2810. The van der Waals surface area contributed by atoms with Crippen molar-refractivity contribution in [3.05, 3.63) is 263 Å². The van der Waals surface area contributed by atoms with Crippen LogP contribution in [0.2, 0.25) is 0 Å². The lowest BCUT2D eigenvalue weighted by Gasteiger charge is -2.37. The van der Waals surface area contributed by atoms with Crippen molar-refractivity contribution in [2.24, 2.45) is 5.92 Å². The molecule has 4 amide bonds. The lowest BCUT2D eigenvalue weighted by atomic mass is 9.84. The van der Waals surface area contributed by atoms with Crippen LogP contribution in [-0.4, -0.2) is 71.9 Å². The summed E-state index contributed by atoms with van der Waals surface area (Å²) in [5.74, 6) is -2.82.